The fourth-order valence-corrected chi connectivity index (χ4v) is 3.03. The number of methoxy groups -OCH3 is 1. The van der Waals surface area contributed by atoms with E-state index in [2.05, 4.69) is 5.32 Å². The Morgan fingerprint density at radius 2 is 2.29 bits per heavy atom. The number of carbonyl (C=O) groups is 1. The minimum absolute atomic E-state index is 0.00603. The summed E-state index contributed by atoms with van der Waals surface area (Å²) in [7, 11) is 1.59. The second kappa shape index (κ2) is 7.25. The van der Waals surface area contributed by atoms with Crippen molar-refractivity contribution in [1.29, 1.82) is 0 Å². The second-order valence-corrected chi connectivity index (χ2v) is 6.02. The third kappa shape index (κ3) is 3.57. The molecule has 1 aromatic carbocycles. The van der Waals surface area contributed by atoms with E-state index in [1.54, 1.807) is 7.11 Å². The SMILES string of the molecule is COCC(CCO)NC(=O)C1(c2cccc(Cl)c2)CCC1. The summed E-state index contributed by atoms with van der Waals surface area (Å²) in [5.41, 5.74) is 0.491. The van der Waals surface area contributed by atoms with Crippen molar-refractivity contribution in [1.82, 2.24) is 5.32 Å². The predicted octanol–water partition coefficient (Wildman–Crippen LogP) is 2.28. The van der Waals surface area contributed by atoms with E-state index in [1.165, 1.54) is 0 Å². The number of aliphatic hydroxyl groups is 1. The molecule has 1 saturated carbocycles. The summed E-state index contributed by atoms with van der Waals surface area (Å²) in [5, 5.41) is 12.7. The average molecular weight is 312 g/mol. The summed E-state index contributed by atoms with van der Waals surface area (Å²) in [6.45, 7) is 0.427. The van der Waals surface area contributed by atoms with Crippen LogP contribution >= 0.6 is 11.6 Å². The molecule has 1 unspecified atom stereocenters. The molecule has 1 atom stereocenters. The smallest absolute Gasteiger partial charge is 0.230 e. The molecule has 21 heavy (non-hydrogen) atoms. The van der Waals surface area contributed by atoms with Gasteiger partial charge in [-0.3, -0.25) is 4.79 Å². The van der Waals surface area contributed by atoms with E-state index in [4.69, 9.17) is 21.4 Å². The quantitative estimate of drug-likeness (QED) is 0.812. The third-order valence-corrected chi connectivity index (χ3v) is 4.43. The molecule has 2 rings (SSSR count). The van der Waals surface area contributed by atoms with Crippen LogP contribution in [0, 0.1) is 0 Å². The molecule has 0 radical (unpaired) electrons. The topological polar surface area (TPSA) is 58.6 Å². The molecule has 116 valence electrons. The van der Waals surface area contributed by atoms with Gasteiger partial charge in [-0.05, 0) is 37.0 Å². The van der Waals surface area contributed by atoms with E-state index in [0.29, 0.717) is 18.1 Å². The van der Waals surface area contributed by atoms with Crippen molar-refractivity contribution in [2.75, 3.05) is 20.3 Å². The number of rotatable bonds is 7. The zero-order chi connectivity index (χ0) is 15.3. The van der Waals surface area contributed by atoms with Crippen LogP contribution in [0.25, 0.3) is 0 Å². The summed E-state index contributed by atoms with van der Waals surface area (Å²) in [4.78, 5) is 12.7. The average Bonchev–Trinajstić information content (AvgIpc) is 2.38. The zero-order valence-electron chi connectivity index (χ0n) is 12.3. The van der Waals surface area contributed by atoms with Gasteiger partial charge in [0.2, 0.25) is 5.91 Å². The van der Waals surface area contributed by atoms with Crippen molar-refractivity contribution in [2.24, 2.45) is 0 Å². The second-order valence-electron chi connectivity index (χ2n) is 5.58. The highest BCUT2D eigenvalue weighted by atomic mass is 35.5. The Balaban J connectivity index is 2.14. The molecule has 1 aliphatic rings. The molecular weight excluding hydrogens is 290 g/mol. The van der Waals surface area contributed by atoms with E-state index >= 15 is 0 Å². The molecule has 0 bridgehead atoms. The van der Waals surface area contributed by atoms with Gasteiger partial charge in [-0.1, -0.05) is 30.2 Å². The van der Waals surface area contributed by atoms with Crippen molar-refractivity contribution in [3.05, 3.63) is 34.9 Å². The summed E-state index contributed by atoms with van der Waals surface area (Å²) in [5.74, 6) is 0.00603. The lowest BCUT2D eigenvalue weighted by Crippen LogP contribution is -2.53. The summed E-state index contributed by atoms with van der Waals surface area (Å²) in [6, 6.07) is 7.36. The molecule has 1 aliphatic carbocycles. The van der Waals surface area contributed by atoms with Gasteiger partial charge in [0.1, 0.15) is 0 Å². The number of amides is 1. The largest absolute Gasteiger partial charge is 0.396 e. The Kier molecular flexibility index (Phi) is 5.62. The fraction of sp³-hybridized carbons (Fsp3) is 0.562. The van der Waals surface area contributed by atoms with Gasteiger partial charge in [-0.15, -0.1) is 0 Å². The lowest BCUT2D eigenvalue weighted by Gasteiger charge is -2.41. The molecule has 0 aliphatic heterocycles. The van der Waals surface area contributed by atoms with Gasteiger partial charge in [-0.2, -0.15) is 0 Å². The molecule has 1 fully saturated rings. The maximum atomic E-state index is 12.7. The molecular formula is C16H22ClNO3. The van der Waals surface area contributed by atoms with Crippen molar-refractivity contribution < 1.29 is 14.6 Å². The number of nitrogens with one attached hydrogen (secondary N) is 1. The van der Waals surface area contributed by atoms with Gasteiger partial charge in [-0.25, -0.2) is 0 Å². The summed E-state index contributed by atoms with van der Waals surface area (Å²) >= 11 is 6.06. The predicted molar refractivity (Wildman–Crippen MR) is 82.5 cm³/mol. The van der Waals surface area contributed by atoms with Gasteiger partial charge in [0, 0.05) is 18.7 Å². The number of benzene rings is 1. The molecule has 1 aromatic rings. The van der Waals surface area contributed by atoms with E-state index in [1.807, 2.05) is 24.3 Å². The first kappa shape index (κ1) is 16.3. The van der Waals surface area contributed by atoms with Crippen molar-refractivity contribution in [2.45, 2.75) is 37.1 Å². The highest BCUT2D eigenvalue weighted by molar-refractivity contribution is 6.30. The van der Waals surface area contributed by atoms with Crippen LogP contribution < -0.4 is 5.32 Å². The van der Waals surface area contributed by atoms with Crippen LogP contribution in [-0.4, -0.2) is 37.4 Å². The molecule has 4 nitrogen and oxygen atoms in total. The van der Waals surface area contributed by atoms with Crippen molar-refractivity contribution >= 4 is 17.5 Å². The first-order valence-electron chi connectivity index (χ1n) is 7.29. The zero-order valence-corrected chi connectivity index (χ0v) is 13.0. The molecule has 0 heterocycles. The monoisotopic (exact) mass is 311 g/mol. The number of ether oxygens (including phenoxy) is 1. The minimum atomic E-state index is -0.480. The van der Waals surface area contributed by atoms with E-state index in [-0.39, 0.29) is 18.6 Å². The highest BCUT2D eigenvalue weighted by Crippen LogP contribution is 2.44. The Hall–Kier alpha value is -1.10. The third-order valence-electron chi connectivity index (χ3n) is 4.20. The van der Waals surface area contributed by atoms with Crippen LogP contribution in [0.15, 0.2) is 24.3 Å². The van der Waals surface area contributed by atoms with E-state index in [9.17, 15) is 4.79 Å². The Morgan fingerprint density at radius 3 is 2.81 bits per heavy atom. The number of carbonyl (C=O) groups excluding carboxylic acids is 1. The first-order chi connectivity index (χ1) is 10.1. The van der Waals surface area contributed by atoms with Gasteiger partial charge in [0.15, 0.2) is 0 Å². The Labute approximate surface area is 130 Å². The summed E-state index contributed by atoms with van der Waals surface area (Å²) < 4.78 is 5.10. The normalized spacial score (nSPS) is 17.9. The fourth-order valence-electron chi connectivity index (χ4n) is 2.84. The van der Waals surface area contributed by atoms with E-state index in [0.717, 1.165) is 24.8 Å². The minimum Gasteiger partial charge on any atom is -0.396 e. The highest BCUT2D eigenvalue weighted by Gasteiger charge is 2.46. The molecule has 2 N–H and O–H groups in total. The molecule has 5 heteroatoms. The maximum Gasteiger partial charge on any atom is 0.230 e. The standard InChI is InChI=1S/C16H22ClNO3/c1-21-11-14(6-9-19)18-15(20)16(7-3-8-16)12-4-2-5-13(17)10-12/h2,4-5,10,14,19H,3,6-9,11H2,1H3,(H,18,20). The van der Waals surface area contributed by atoms with Crippen LogP contribution in [0.5, 0.6) is 0 Å². The lowest BCUT2D eigenvalue weighted by molar-refractivity contribution is -0.131. The van der Waals surface area contributed by atoms with Crippen LogP contribution in [0.1, 0.15) is 31.2 Å². The first-order valence-corrected chi connectivity index (χ1v) is 7.67. The summed E-state index contributed by atoms with van der Waals surface area (Å²) in [6.07, 6.45) is 3.19. The molecule has 0 saturated heterocycles. The lowest BCUT2D eigenvalue weighted by atomic mass is 9.63. The van der Waals surface area contributed by atoms with Gasteiger partial charge < -0.3 is 15.2 Å². The molecule has 1 amide bonds. The Morgan fingerprint density at radius 1 is 1.52 bits per heavy atom. The van der Waals surface area contributed by atoms with Gasteiger partial charge >= 0.3 is 0 Å². The number of hydrogen-bond acceptors (Lipinski definition) is 3. The van der Waals surface area contributed by atoms with Crippen LogP contribution in [-0.2, 0) is 14.9 Å². The van der Waals surface area contributed by atoms with Crippen molar-refractivity contribution in [3.63, 3.8) is 0 Å². The van der Waals surface area contributed by atoms with E-state index < -0.39 is 5.41 Å². The van der Waals surface area contributed by atoms with Crippen LogP contribution in [0.2, 0.25) is 5.02 Å². The Bertz CT molecular complexity index is 482. The number of halogens is 1. The number of aliphatic hydroxyl groups excluding tert-OH is 1. The van der Waals surface area contributed by atoms with Crippen LogP contribution in [0.4, 0.5) is 0 Å². The van der Waals surface area contributed by atoms with Crippen molar-refractivity contribution in [3.8, 4) is 0 Å². The van der Waals surface area contributed by atoms with Crippen LogP contribution in [0.3, 0.4) is 0 Å². The maximum absolute atomic E-state index is 12.7. The molecule has 0 spiro atoms. The molecule has 0 aromatic heterocycles. The van der Waals surface area contributed by atoms with Gasteiger partial charge in [0.05, 0.1) is 18.1 Å². The number of hydrogen-bond donors (Lipinski definition) is 2. The van der Waals surface area contributed by atoms with Gasteiger partial charge in [0.25, 0.3) is 0 Å².